The van der Waals surface area contributed by atoms with Crippen molar-refractivity contribution in [2.45, 2.75) is 19.1 Å². The van der Waals surface area contributed by atoms with Gasteiger partial charge in [-0.1, -0.05) is 12.2 Å². The highest BCUT2D eigenvalue weighted by atomic mass is 16.6. The minimum absolute atomic E-state index is 0.0977. The summed E-state index contributed by atoms with van der Waals surface area (Å²) >= 11 is 0. The summed E-state index contributed by atoms with van der Waals surface area (Å²) in [5, 5.41) is 0. The van der Waals surface area contributed by atoms with Gasteiger partial charge in [0, 0.05) is 6.04 Å². The number of hydrogen-bond acceptors (Lipinski definition) is 3. The van der Waals surface area contributed by atoms with Gasteiger partial charge in [-0.2, -0.15) is 0 Å². The molecule has 1 rings (SSSR count). The van der Waals surface area contributed by atoms with Crippen LogP contribution in [0.15, 0.2) is 12.2 Å². The summed E-state index contributed by atoms with van der Waals surface area (Å²) in [5.41, 5.74) is 5.53. The highest BCUT2D eigenvalue weighted by Crippen LogP contribution is 2.01. The first kappa shape index (κ1) is 8.71. The average Bonchev–Trinajstić information content (AvgIpc) is 2.03. The second kappa shape index (κ2) is 4.49. The molecular formula is C8H15NO2. The van der Waals surface area contributed by atoms with Crippen molar-refractivity contribution < 1.29 is 9.47 Å². The van der Waals surface area contributed by atoms with Gasteiger partial charge in [0.15, 0.2) is 0 Å². The molecule has 1 aliphatic rings. The van der Waals surface area contributed by atoms with Gasteiger partial charge in [-0.15, -0.1) is 0 Å². The molecule has 0 bridgehead atoms. The molecule has 64 valence electrons. The Kier molecular flexibility index (Phi) is 3.56. The maximum atomic E-state index is 5.53. The van der Waals surface area contributed by atoms with Gasteiger partial charge in [0.1, 0.15) is 0 Å². The molecule has 1 fully saturated rings. The highest BCUT2D eigenvalue weighted by molar-refractivity contribution is 4.95. The van der Waals surface area contributed by atoms with Gasteiger partial charge in [-0.05, 0) is 6.92 Å². The molecule has 2 N–H and O–H groups in total. The van der Waals surface area contributed by atoms with Crippen LogP contribution in [0.25, 0.3) is 0 Å². The first-order valence-corrected chi connectivity index (χ1v) is 3.92. The molecule has 1 unspecified atom stereocenters. The van der Waals surface area contributed by atoms with Crippen molar-refractivity contribution in [3.63, 3.8) is 0 Å². The summed E-state index contributed by atoms with van der Waals surface area (Å²) in [7, 11) is 0. The van der Waals surface area contributed by atoms with Crippen LogP contribution in [0.1, 0.15) is 6.92 Å². The van der Waals surface area contributed by atoms with Crippen LogP contribution in [-0.4, -0.2) is 32.0 Å². The number of nitrogens with two attached hydrogens (primary N) is 1. The predicted octanol–water partition coefficient (Wildman–Crippen LogP) is 0.305. The molecule has 1 saturated heterocycles. The first-order valence-electron chi connectivity index (χ1n) is 3.92. The molecule has 0 aromatic carbocycles. The van der Waals surface area contributed by atoms with Gasteiger partial charge in [0.05, 0.1) is 25.9 Å². The van der Waals surface area contributed by atoms with Crippen molar-refractivity contribution in [2.24, 2.45) is 5.73 Å². The normalized spacial score (nSPS) is 29.1. The second-order valence-corrected chi connectivity index (χ2v) is 2.73. The van der Waals surface area contributed by atoms with Crippen LogP contribution in [0.3, 0.4) is 0 Å². The molecule has 0 aromatic rings. The van der Waals surface area contributed by atoms with Crippen molar-refractivity contribution in [3.8, 4) is 0 Å². The van der Waals surface area contributed by atoms with E-state index in [4.69, 9.17) is 15.2 Å². The summed E-state index contributed by atoms with van der Waals surface area (Å²) in [4.78, 5) is 0. The average molecular weight is 157 g/mol. The summed E-state index contributed by atoms with van der Waals surface area (Å²) in [6.07, 6.45) is 4.00. The highest BCUT2D eigenvalue weighted by Gasteiger charge is 2.09. The van der Waals surface area contributed by atoms with E-state index in [1.807, 2.05) is 19.1 Å². The number of ether oxygens (including phenoxy) is 2. The number of rotatable bonds is 2. The molecule has 3 nitrogen and oxygen atoms in total. The lowest BCUT2D eigenvalue weighted by Gasteiger charge is -2.19. The maximum absolute atomic E-state index is 5.53. The molecule has 0 radical (unpaired) electrons. The molecule has 11 heavy (non-hydrogen) atoms. The monoisotopic (exact) mass is 157 g/mol. The largest absolute Gasteiger partial charge is 0.376 e. The molecule has 1 aliphatic heterocycles. The van der Waals surface area contributed by atoms with Crippen LogP contribution >= 0.6 is 0 Å². The van der Waals surface area contributed by atoms with Gasteiger partial charge in [-0.3, -0.25) is 0 Å². The Morgan fingerprint density at radius 1 is 1.55 bits per heavy atom. The van der Waals surface area contributed by atoms with Gasteiger partial charge in [0.25, 0.3) is 0 Å². The second-order valence-electron chi connectivity index (χ2n) is 2.73. The van der Waals surface area contributed by atoms with Crippen LogP contribution in [0, 0.1) is 0 Å². The van der Waals surface area contributed by atoms with Crippen molar-refractivity contribution in [1.29, 1.82) is 0 Å². The molecule has 0 spiro atoms. The van der Waals surface area contributed by atoms with E-state index < -0.39 is 0 Å². The molecule has 0 amide bonds. The lowest BCUT2D eigenvalue weighted by Crippen LogP contribution is -2.27. The van der Waals surface area contributed by atoms with Crippen molar-refractivity contribution >= 4 is 0 Å². The zero-order valence-electron chi connectivity index (χ0n) is 6.82. The third-order valence-corrected chi connectivity index (χ3v) is 1.47. The summed E-state index contributed by atoms with van der Waals surface area (Å²) in [6, 6.07) is 0.0977. The molecule has 0 saturated carbocycles. The van der Waals surface area contributed by atoms with E-state index in [1.165, 1.54) is 0 Å². The Bertz CT molecular complexity index is 128. The first-order chi connectivity index (χ1) is 5.29. The zero-order chi connectivity index (χ0) is 8.10. The SMILES string of the molecule is CC(N)/C=C/[C@H]1COCCO1. The molecule has 0 aliphatic carbocycles. The van der Waals surface area contributed by atoms with Gasteiger partial charge >= 0.3 is 0 Å². The summed E-state index contributed by atoms with van der Waals surface area (Å²) < 4.78 is 10.6. The number of hydrogen-bond donors (Lipinski definition) is 1. The molecule has 1 heterocycles. The van der Waals surface area contributed by atoms with Crippen molar-refractivity contribution in [2.75, 3.05) is 19.8 Å². The van der Waals surface area contributed by atoms with E-state index in [0.717, 1.165) is 0 Å². The summed E-state index contributed by atoms with van der Waals surface area (Å²) in [6.45, 7) is 3.99. The standard InChI is InChI=1S/C8H15NO2/c1-7(9)2-3-8-6-10-4-5-11-8/h2-3,7-8H,4-6,9H2,1H3/b3-2+/t7?,8-/m0/s1. The Morgan fingerprint density at radius 2 is 2.36 bits per heavy atom. The fourth-order valence-electron chi connectivity index (χ4n) is 0.916. The van der Waals surface area contributed by atoms with E-state index in [-0.39, 0.29) is 12.1 Å². The molecule has 0 aromatic heterocycles. The fraction of sp³-hybridized carbons (Fsp3) is 0.750. The topological polar surface area (TPSA) is 44.5 Å². The quantitative estimate of drug-likeness (QED) is 0.586. The maximum Gasteiger partial charge on any atom is 0.0991 e. The molecular weight excluding hydrogens is 142 g/mol. The van der Waals surface area contributed by atoms with Crippen LogP contribution in [-0.2, 0) is 9.47 Å². The third-order valence-electron chi connectivity index (χ3n) is 1.47. The van der Waals surface area contributed by atoms with E-state index in [1.54, 1.807) is 0 Å². The van der Waals surface area contributed by atoms with Crippen LogP contribution in [0.4, 0.5) is 0 Å². The Balaban J connectivity index is 2.23. The Labute approximate surface area is 67.2 Å². The molecule has 2 atom stereocenters. The molecule has 3 heteroatoms. The van der Waals surface area contributed by atoms with Gasteiger partial charge in [-0.25, -0.2) is 0 Å². The third kappa shape index (κ3) is 3.51. The fourth-order valence-corrected chi connectivity index (χ4v) is 0.916. The zero-order valence-corrected chi connectivity index (χ0v) is 6.82. The van der Waals surface area contributed by atoms with Crippen LogP contribution < -0.4 is 5.73 Å². The van der Waals surface area contributed by atoms with Gasteiger partial charge < -0.3 is 15.2 Å². The van der Waals surface area contributed by atoms with Gasteiger partial charge in [0.2, 0.25) is 0 Å². The van der Waals surface area contributed by atoms with Crippen molar-refractivity contribution in [3.05, 3.63) is 12.2 Å². The summed E-state index contributed by atoms with van der Waals surface area (Å²) in [5.74, 6) is 0. The lowest BCUT2D eigenvalue weighted by molar-refractivity contribution is -0.0676. The van der Waals surface area contributed by atoms with E-state index in [0.29, 0.717) is 19.8 Å². The van der Waals surface area contributed by atoms with Crippen molar-refractivity contribution in [1.82, 2.24) is 0 Å². The Hall–Kier alpha value is -0.380. The van der Waals surface area contributed by atoms with E-state index >= 15 is 0 Å². The van der Waals surface area contributed by atoms with Crippen LogP contribution in [0.2, 0.25) is 0 Å². The van der Waals surface area contributed by atoms with E-state index in [9.17, 15) is 0 Å². The minimum atomic E-state index is 0.0977. The van der Waals surface area contributed by atoms with E-state index in [2.05, 4.69) is 0 Å². The minimum Gasteiger partial charge on any atom is -0.376 e. The lowest BCUT2D eigenvalue weighted by atomic mass is 10.2. The Morgan fingerprint density at radius 3 is 2.91 bits per heavy atom. The van der Waals surface area contributed by atoms with Crippen LogP contribution in [0.5, 0.6) is 0 Å². The smallest absolute Gasteiger partial charge is 0.0991 e. The predicted molar refractivity (Wildman–Crippen MR) is 43.3 cm³/mol.